The molecule has 0 radical (unpaired) electrons. The summed E-state index contributed by atoms with van der Waals surface area (Å²) in [6.07, 6.45) is -3.21. The fourth-order valence-corrected chi connectivity index (χ4v) is 7.82. The predicted octanol–water partition coefficient (Wildman–Crippen LogP) is 10.3. The van der Waals surface area contributed by atoms with Crippen molar-refractivity contribution in [3.8, 4) is 11.5 Å². The third-order valence-electron chi connectivity index (χ3n) is 11.1. The number of carbonyl (C=O) groups is 4. The predicted molar refractivity (Wildman–Crippen MR) is 256 cm³/mol. The molecule has 0 saturated carbocycles. The lowest BCUT2D eigenvalue weighted by molar-refractivity contribution is -0.158. The van der Waals surface area contributed by atoms with E-state index in [4.69, 9.17) is 35.3 Å². The van der Waals surface area contributed by atoms with E-state index >= 15 is 0 Å². The molecule has 12 nitrogen and oxygen atoms in total. The van der Waals surface area contributed by atoms with Crippen molar-refractivity contribution in [3.63, 3.8) is 0 Å². The molecule has 0 aromatic heterocycles. The van der Waals surface area contributed by atoms with Crippen molar-refractivity contribution in [1.82, 2.24) is 10.2 Å². The Hall–Kier alpha value is -7.61. The first-order valence-corrected chi connectivity index (χ1v) is 22.0. The average molecular weight is 933 g/mol. The first-order valence-electron chi connectivity index (χ1n) is 21.7. The van der Waals surface area contributed by atoms with Crippen molar-refractivity contribution in [2.45, 2.75) is 43.4 Å². The normalized spacial score (nSPS) is 19.2. The summed E-state index contributed by atoms with van der Waals surface area (Å²) in [7, 11) is 3.20. The van der Waals surface area contributed by atoms with E-state index in [2.05, 4.69) is 5.32 Å². The quantitative estimate of drug-likeness (QED) is 0.0890. The monoisotopic (exact) mass is 932 g/mol. The van der Waals surface area contributed by atoms with Gasteiger partial charge in [-0.2, -0.15) is 0 Å². The number of esters is 1. The van der Waals surface area contributed by atoms with Crippen LogP contribution in [-0.4, -0.2) is 59.5 Å². The van der Waals surface area contributed by atoms with Gasteiger partial charge in [0.05, 0.1) is 26.3 Å². The van der Waals surface area contributed by atoms with E-state index in [0.29, 0.717) is 16.9 Å². The van der Waals surface area contributed by atoms with Gasteiger partial charge in [-0.3, -0.25) is 19.8 Å². The summed E-state index contributed by atoms with van der Waals surface area (Å²) >= 11 is 5.16. The molecule has 2 aliphatic rings. The van der Waals surface area contributed by atoms with Crippen LogP contribution in [-0.2, 0) is 30.4 Å². The summed E-state index contributed by atoms with van der Waals surface area (Å²) < 4.78 is 28.2. The number of hydrogen-bond donors (Lipinski definition) is 2. The fraction of sp³-hybridized carbons (Fsp3) is 0.164. The van der Waals surface area contributed by atoms with E-state index in [9.17, 15) is 24.3 Å². The van der Waals surface area contributed by atoms with Crippen LogP contribution in [0.3, 0.4) is 0 Å². The van der Waals surface area contributed by atoms with Crippen LogP contribution in [0.5, 0.6) is 11.5 Å². The Morgan fingerprint density at radius 2 is 1.03 bits per heavy atom. The van der Waals surface area contributed by atoms with E-state index in [1.807, 2.05) is 164 Å². The lowest BCUT2D eigenvalue weighted by Crippen LogP contribution is -2.37. The number of halogens is 1. The van der Waals surface area contributed by atoms with Gasteiger partial charge in [0, 0.05) is 16.7 Å². The summed E-state index contributed by atoms with van der Waals surface area (Å²) in [6.45, 7) is 0.112. The Balaban J connectivity index is 0.000000185. The van der Waals surface area contributed by atoms with Gasteiger partial charge < -0.3 is 28.8 Å². The van der Waals surface area contributed by atoms with Crippen molar-refractivity contribution in [2.24, 2.45) is 0 Å². The van der Waals surface area contributed by atoms with Gasteiger partial charge in [0.15, 0.2) is 18.4 Å². The molecule has 0 spiro atoms. The average Bonchev–Trinajstić information content (AvgIpc) is 4.04. The number of nitrogens with zero attached hydrogens (tertiary/aromatic N) is 1. The Bertz CT molecular complexity index is 2700. The number of hydrogen-bond acceptors (Lipinski definition) is 10. The molecule has 13 heteroatoms. The second-order valence-electron chi connectivity index (χ2n) is 15.5. The lowest BCUT2D eigenvalue weighted by atomic mass is 9.99. The summed E-state index contributed by atoms with van der Waals surface area (Å²) in [5.41, 5.74) is 5.18. The highest BCUT2D eigenvalue weighted by Crippen LogP contribution is 2.45. The zero-order valence-electron chi connectivity index (χ0n) is 37.2. The van der Waals surface area contributed by atoms with Gasteiger partial charge in [-0.25, -0.2) is 9.59 Å². The standard InChI is InChI=1S/C31H27NO5.C17H17NO4.C7H5ClO/c1-35-26-19-17-25(18-20-26)30-32(29(33)24-15-9-4-10-16-24)27(23-13-7-3-8-14-23)28(37-30)31(34)36-21-22-11-5-2-6-12-22;1-21-13-9-7-12(8-10-13)16-18-14(15(22-16)17(19)20)11-5-3-2-4-6-11;8-7(9)6-4-2-1-3-5-6/h2-20,27-28,30H,21H2,1H3;2-10,14-16,18H,1H3,(H,19,20);1-5H/t27-,28+,30?;14-,15+,16?;/m00./s1. The molecule has 0 aliphatic carbocycles. The number of amides is 1. The molecule has 2 saturated heterocycles. The second kappa shape index (κ2) is 23.7. The molecule has 1 amide bonds. The highest BCUT2D eigenvalue weighted by molar-refractivity contribution is 6.67. The molecule has 9 rings (SSSR count). The lowest BCUT2D eigenvalue weighted by Gasteiger charge is -2.29. The molecule has 7 aromatic rings. The van der Waals surface area contributed by atoms with Crippen LogP contribution in [0.1, 0.15) is 73.1 Å². The number of benzene rings is 7. The van der Waals surface area contributed by atoms with Crippen LogP contribution >= 0.6 is 11.6 Å². The second-order valence-corrected chi connectivity index (χ2v) is 15.8. The Kier molecular flexibility index (Phi) is 16.9. The summed E-state index contributed by atoms with van der Waals surface area (Å²) in [5, 5.41) is 12.2. The van der Waals surface area contributed by atoms with Crippen LogP contribution in [0.2, 0.25) is 0 Å². The van der Waals surface area contributed by atoms with Gasteiger partial charge in [-0.15, -0.1) is 0 Å². The largest absolute Gasteiger partial charge is 0.497 e. The van der Waals surface area contributed by atoms with Gasteiger partial charge in [0.1, 0.15) is 24.3 Å². The molecule has 68 heavy (non-hydrogen) atoms. The Morgan fingerprint density at radius 3 is 1.51 bits per heavy atom. The minimum absolute atomic E-state index is 0.112. The fourth-order valence-electron chi connectivity index (χ4n) is 7.69. The minimum Gasteiger partial charge on any atom is -0.497 e. The number of ether oxygens (including phenoxy) is 5. The van der Waals surface area contributed by atoms with Gasteiger partial charge in [-0.1, -0.05) is 164 Å². The summed E-state index contributed by atoms with van der Waals surface area (Å²) in [6, 6.07) is 59.7. The van der Waals surface area contributed by atoms with Crippen LogP contribution in [0.15, 0.2) is 200 Å². The first-order chi connectivity index (χ1) is 33.1. The molecular formula is C55H49ClN2O10. The molecule has 2 heterocycles. The van der Waals surface area contributed by atoms with Gasteiger partial charge in [0.2, 0.25) is 0 Å². The molecular weight excluding hydrogens is 884 g/mol. The Labute approximate surface area is 399 Å². The Morgan fingerprint density at radius 1 is 0.559 bits per heavy atom. The zero-order valence-corrected chi connectivity index (χ0v) is 37.9. The van der Waals surface area contributed by atoms with E-state index < -0.39 is 47.9 Å². The van der Waals surface area contributed by atoms with E-state index in [1.165, 1.54) is 0 Å². The number of carboxylic acids is 1. The van der Waals surface area contributed by atoms with Crippen molar-refractivity contribution in [3.05, 3.63) is 239 Å². The van der Waals surface area contributed by atoms with Crippen molar-refractivity contribution >= 4 is 34.7 Å². The van der Waals surface area contributed by atoms with Crippen LogP contribution in [0, 0.1) is 0 Å². The molecule has 2 aliphatic heterocycles. The molecule has 0 bridgehead atoms. The molecule has 2 N–H and O–H groups in total. The number of methoxy groups -OCH3 is 2. The molecule has 2 unspecified atom stereocenters. The number of rotatable bonds is 12. The van der Waals surface area contributed by atoms with Crippen molar-refractivity contribution in [1.29, 1.82) is 0 Å². The van der Waals surface area contributed by atoms with E-state index in [-0.39, 0.29) is 18.6 Å². The SMILES string of the molecule is COc1ccc(C2N[C@@H](c3ccccc3)[C@H](C(=O)O)O2)cc1.COc1ccc(C2O[C@@H](C(=O)OCc3ccccc3)[C@H](c3ccccc3)N2C(=O)c2ccccc2)cc1.O=C(Cl)c1ccccc1. The minimum atomic E-state index is -1.02. The van der Waals surface area contributed by atoms with Gasteiger partial charge in [0.25, 0.3) is 11.1 Å². The van der Waals surface area contributed by atoms with Crippen LogP contribution in [0.4, 0.5) is 0 Å². The van der Waals surface area contributed by atoms with Gasteiger partial charge in [-0.05, 0) is 70.3 Å². The highest BCUT2D eigenvalue weighted by atomic mass is 35.5. The first kappa shape index (κ1) is 48.3. The highest BCUT2D eigenvalue weighted by Gasteiger charge is 2.50. The van der Waals surface area contributed by atoms with Crippen molar-refractivity contribution in [2.75, 3.05) is 14.2 Å². The number of aliphatic carboxylic acids is 1. The maximum Gasteiger partial charge on any atom is 0.338 e. The van der Waals surface area contributed by atoms with E-state index in [0.717, 1.165) is 33.6 Å². The zero-order chi connectivity index (χ0) is 47.8. The van der Waals surface area contributed by atoms with Crippen LogP contribution in [0.25, 0.3) is 0 Å². The topological polar surface area (TPSA) is 150 Å². The third-order valence-corrected chi connectivity index (χ3v) is 11.3. The number of nitrogens with one attached hydrogen (secondary N) is 1. The summed E-state index contributed by atoms with van der Waals surface area (Å²) in [5.74, 6) is -0.317. The molecule has 346 valence electrons. The third kappa shape index (κ3) is 12.2. The maximum atomic E-state index is 14.0. The molecule has 2 fully saturated rings. The number of carboxylic acid groups (broad SMARTS) is 1. The summed E-state index contributed by atoms with van der Waals surface area (Å²) in [4.78, 5) is 51.0. The molecule has 7 aromatic carbocycles. The maximum absolute atomic E-state index is 14.0. The van der Waals surface area contributed by atoms with E-state index in [1.54, 1.807) is 55.5 Å². The van der Waals surface area contributed by atoms with Crippen molar-refractivity contribution < 1.29 is 48.0 Å². The van der Waals surface area contributed by atoms with Crippen LogP contribution < -0.4 is 14.8 Å². The number of carbonyl (C=O) groups excluding carboxylic acids is 3. The van der Waals surface area contributed by atoms with Gasteiger partial charge >= 0.3 is 11.9 Å². The smallest absolute Gasteiger partial charge is 0.338 e. The molecule has 6 atom stereocenters.